The third kappa shape index (κ3) is 3.63. The van der Waals surface area contributed by atoms with Crippen molar-refractivity contribution in [1.82, 2.24) is 4.90 Å². The van der Waals surface area contributed by atoms with E-state index < -0.39 is 5.97 Å². The molecule has 3 N–H and O–H groups in total. The monoisotopic (exact) mass is 294 g/mol. The van der Waals surface area contributed by atoms with Gasteiger partial charge in [-0.2, -0.15) is 0 Å². The molecule has 0 aromatic heterocycles. The van der Waals surface area contributed by atoms with Gasteiger partial charge in [-0.3, -0.25) is 0 Å². The number of urea groups is 1. The maximum Gasteiger partial charge on any atom is 0.335 e. The quantitative estimate of drug-likeness (QED) is 0.737. The fourth-order valence-corrected chi connectivity index (χ4v) is 2.12. The summed E-state index contributed by atoms with van der Waals surface area (Å²) in [5, 5.41) is 21.2. The molecular formula is C14H18N2O5. The topological polar surface area (TPSA) is 99.1 Å². The second-order valence-corrected chi connectivity index (χ2v) is 4.81. The van der Waals surface area contributed by atoms with Gasteiger partial charge in [0.1, 0.15) is 5.75 Å². The number of benzene rings is 1. The number of hydrogen-bond donors (Lipinski definition) is 3. The van der Waals surface area contributed by atoms with Crippen LogP contribution in [0.15, 0.2) is 18.2 Å². The number of hydrogen-bond acceptors (Lipinski definition) is 4. The summed E-state index contributed by atoms with van der Waals surface area (Å²) in [6.45, 7) is 3.45. The lowest BCUT2D eigenvalue weighted by Gasteiger charge is -2.32. The molecule has 1 unspecified atom stereocenters. The SMILES string of the molecule is CCC1CN(C(=O)Nc2ccc(C(=O)O)cc2O)CCO1. The van der Waals surface area contributed by atoms with Gasteiger partial charge >= 0.3 is 12.0 Å². The second kappa shape index (κ2) is 6.45. The standard InChI is InChI=1S/C14H18N2O5/c1-2-10-8-16(5-6-21-10)14(20)15-11-4-3-9(13(18)19)7-12(11)17/h3-4,7,10,17H,2,5-6,8H2,1H3,(H,15,20)(H,18,19). The predicted molar refractivity (Wildman–Crippen MR) is 75.7 cm³/mol. The van der Waals surface area contributed by atoms with Crippen LogP contribution in [0, 0.1) is 0 Å². The Kier molecular flexibility index (Phi) is 4.64. The fraction of sp³-hybridized carbons (Fsp3) is 0.429. The van der Waals surface area contributed by atoms with Crippen molar-refractivity contribution >= 4 is 17.7 Å². The van der Waals surface area contributed by atoms with E-state index in [-0.39, 0.29) is 29.1 Å². The van der Waals surface area contributed by atoms with E-state index in [9.17, 15) is 14.7 Å². The molecule has 1 aromatic rings. The molecule has 0 saturated carbocycles. The smallest absolute Gasteiger partial charge is 0.335 e. The van der Waals surface area contributed by atoms with Crippen molar-refractivity contribution < 1.29 is 24.5 Å². The van der Waals surface area contributed by atoms with E-state index >= 15 is 0 Å². The van der Waals surface area contributed by atoms with E-state index in [0.717, 1.165) is 12.5 Å². The van der Waals surface area contributed by atoms with Gasteiger partial charge in [-0.15, -0.1) is 0 Å². The molecular weight excluding hydrogens is 276 g/mol. The molecule has 1 aromatic carbocycles. The van der Waals surface area contributed by atoms with Gasteiger partial charge in [-0.25, -0.2) is 9.59 Å². The first-order valence-corrected chi connectivity index (χ1v) is 6.75. The Morgan fingerprint density at radius 3 is 2.86 bits per heavy atom. The van der Waals surface area contributed by atoms with E-state index in [1.165, 1.54) is 12.1 Å². The molecule has 0 spiro atoms. The van der Waals surface area contributed by atoms with Crippen molar-refractivity contribution in [1.29, 1.82) is 0 Å². The highest BCUT2D eigenvalue weighted by atomic mass is 16.5. The van der Waals surface area contributed by atoms with Crippen LogP contribution in [0.25, 0.3) is 0 Å². The highest BCUT2D eigenvalue weighted by Crippen LogP contribution is 2.25. The Morgan fingerprint density at radius 1 is 1.48 bits per heavy atom. The van der Waals surface area contributed by atoms with Gasteiger partial charge in [0.05, 0.1) is 24.0 Å². The van der Waals surface area contributed by atoms with Crippen LogP contribution >= 0.6 is 0 Å². The van der Waals surface area contributed by atoms with Crippen molar-refractivity contribution in [3.05, 3.63) is 23.8 Å². The van der Waals surface area contributed by atoms with Gasteiger partial charge in [0.15, 0.2) is 0 Å². The summed E-state index contributed by atoms with van der Waals surface area (Å²) < 4.78 is 5.49. The first kappa shape index (κ1) is 15.1. The maximum absolute atomic E-state index is 12.1. The third-order valence-corrected chi connectivity index (χ3v) is 3.37. The number of aromatic carboxylic acids is 1. The van der Waals surface area contributed by atoms with E-state index in [4.69, 9.17) is 9.84 Å². The zero-order valence-electron chi connectivity index (χ0n) is 11.7. The van der Waals surface area contributed by atoms with Crippen LogP contribution in [-0.2, 0) is 4.74 Å². The molecule has 1 aliphatic heterocycles. The molecule has 0 bridgehead atoms. The molecule has 2 rings (SSSR count). The van der Waals surface area contributed by atoms with Crippen LogP contribution in [0.3, 0.4) is 0 Å². The molecule has 1 heterocycles. The minimum Gasteiger partial charge on any atom is -0.506 e. The number of nitrogens with zero attached hydrogens (tertiary/aromatic N) is 1. The number of phenols is 1. The van der Waals surface area contributed by atoms with E-state index in [1.807, 2.05) is 6.92 Å². The number of anilines is 1. The Labute approximate surface area is 122 Å². The first-order valence-electron chi connectivity index (χ1n) is 6.75. The number of amides is 2. The Bertz CT molecular complexity index is 546. The van der Waals surface area contributed by atoms with E-state index in [0.29, 0.717) is 19.7 Å². The lowest BCUT2D eigenvalue weighted by molar-refractivity contribution is -0.0134. The summed E-state index contributed by atoms with van der Waals surface area (Å²) in [4.78, 5) is 24.5. The summed E-state index contributed by atoms with van der Waals surface area (Å²) >= 11 is 0. The number of ether oxygens (including phenoxy) is 1. The van der Waals surface area contributed by atoms with Crippen molar-refractivity contribution in [3.63, 3.8) is 0 Å². The maximum atomic E-state index is 12.1. The van der Waals surface area contributed by atoms with Gasteiger partial charge in [0.25, 0.3) is 0 Å². The average Bonchev–Trinajstić information content (AvgIpc) is 2.49. The van der Waals surface area contributed by atoms with E-state index in [1.54, 1.807) is 4.90 Å². The van der Waals surface area contributed by atoms with Crippen molar-refractivity contribution in [2.24, 2.45) is 0 Å². The number of carbonyl (C=O) groups is 2. The number of phenolic OH excluding ortho intramolecular Hbond substituents is 1. The Balaban J connectivity index is 2.04. The summed E-state index contributed by atoms with van der Waals surface area (Å²) in [6.07, 6.45) is 0.843. The minimum absolute atomic E-state index is 0.0208. The number of aromatic hydroxyl groups is 1. The molecule has 0 aliphatic carbocycles. The zero-order chi connectivity index (χ0) is 15.4. The van der Waals surface area contributed by atoms with Crippen LogP contribution in [0.5, 0.6) is 5.75 Å². The Morgan fingerprint density at radius 2 is 2.24 bits per heavy atom. The van der Waals surface area contributed by atoms with Crippen LogP contribution in [0.4, 0.5) is 10.5 Å². The largest absolute Gasteiger partial charge is 0.506 e. The van der Waals surface area contributed by atoms with Crippen LogP contribution in [0.2, 0.25) is 0 Å². The molecule has 21 heavy (non-hydrogen) atoms. The first-order chi connectivity index (χ1) is 10.0. The average molecular weight is 294 g/mol. The molecule has 1 aliphatic rings. The lowest BCUT2D eigenvalue weighted by Crippen LogP contribution is -2.47. The molecule has 7 heteroatoms. The normalized spacial score (nSPS) is 18.3. The second-order valence-electron chi connectivity index (χ2n) is 4.81. The molecule has 7 nitrogen and oxygen atoms in total. The van der Waals surface area contributed by atoms with Gasteiger partial charge in [0, 0.05) is 13.1 Å². The van der Waals surface area contributed by atoms with Crippen molar-refractivity contribution in [2.45, 2.75) is 19.4 Å². The highest BCUT2D eigenvalue weighted by molar-refractivity contribution is 5.93. The van der Waals surface area contributed by atoms with Crippen LogP contribution in [-0.4, -0.2) is 52.9 Å². The number of nitrogens with one attached hydrogen (secondary N) is 1. The third-order valence-electron chi connectivity index (χ3n) is 3.37. The number of rotatable bonds is 3. The molecule has 2 amide bonds. The summed E-state index contributed by atoms with van der Waals surface area (Å²) in [7, 11) is 0. The number of carbonyl (C=O) groups excluding carboxylic acids is 1. The molecule has 0 radical (unpaired) electrons. The van der Waals surface area contributed by atoms with Gasteiger partial charge in [0.2, 0.25) is 0 Å². The van der Waals surface area contributed by atoms with Crippen molar-refractivity contribution in [2.75, 3.05) is 25.0 Å². The summed E-state index contributed by atoms with van der Waals surface area (Å²) in [5.74, 6) is -1.41. The van der Waals surface area contributed by atoms with Crippen LogP contribution < -0.4 is 5.32 Å². The van der Waals surface area contributed by atoms with Gasteiger partial charge < -0.3 is 25.2 Å². The minimum atomic E-state index is -1.14. The van der Waals surface area contributed by atoms with Crippen LogP contribution in [0.1, 0.15) is 23.7 Å². The number of morpholine rings is 1. The molecule has 1 saturated heterocycles. The lowest BCUT2D eigenvalue weighted by atomic mass is 10.2. The highest BCUT2D eigenvalue weighted by Gasteiger charge is 2.23. The van der Waals surface area contributed by atoms with Gasteiger partial charge in [-0.1, -0.05) is 6.92 Å². The Hall–Kier alpha value is -2.28. The van der Waals surface area contributed by atoms with E-state index in [2.05, 4.69) is 5.32 Å². The number of carboxylic acid groups (broad SMARTS) is 1. The predicted octanol–water partition coefficient (Wildman–Crippen LogP) is 1.73. The molecule has 1 fully saturated rings. The molecule has 1 atom stereocenters. The summed E-state index contributed by atoms with van der Waals surface area (Å²) in [6, 6.07) is 3.46. The molecule has 114 valence electrons. The number of carboxylic acids is 1. The van der Waals surface area contributed by atoms with Crippen molar-refractivity contribution in [3.8, 4) is 5.75 Å². The zero-order valence-corrected chi connectivity index (χ0v) is 11.7. The summed E-state index contributed by atoms with van der Waals surface area (Å²) in [5.41, 5.74) is 0.146. The van der Waals surface area contributed by atoms with Gasteiger partial charge in [-0.05, 0) is 24.6 Å². The fourth-order valence-electron chi connectivity index (χ4n) is 2.12.